The van der Waals surface area contributed by atoms with Gasteiger partial charge in [-0.05, 0) is 55.7 Å². The van der Waals surface area contributed by atoms with Crippen LogP contribution in [0.25, 0.3) is 5.57 Å². The van der Waals surface area contributed by atoms with Crippen molar-refractivity contribution in [2.75, 3.05) is 11.9 Å². The first-order chi connectivity index (χ1) is 12.8. The zero-order chi connectivity index (χ0) is 19.7. The second-order valence-electron chi connectivity index (χ2n) is 6.35. The lowest BCUT2D eigenvalue weighted by Gasteiger charge is -2.13. The highest BCUT2D eigenvalue weighted by Crippen LogP contribution is 2.32. The average Bonchev–Trinajstić information content (AvgIpc) is 2.87. The fourth-order valence-electron chi connectivity index (χ4n) is 3.00. The molecule has 0 spiro atoms. The number of nitrogens with one attached hydrogen (secondary N) is 1. The van der Waals surface area contributed by atoms with Gasteiger partial charge < -0.3 is 5.32 Å². The van der Waals surface area contributed by atoms with E-state index >= 15 is 0 Å². The molecule has 1 heterocycles. The molecule has 7 nitrogen and oxygen atoms in total. The van der Waals surface area contributed by atoms with Gasteiger partial charge in [0.05, 0.1) is 10.5 Å². The van der Waals surface area contributed by atoms with Crippen LogP contribution >= 0.6 is 0 Å². The molecule has 1 aliphatic heterocycles. The molecule has 0 fully saturated rings. The summed E-state index contributed by atoms with van der Waals surface area (Å²) in [5.74, 6) is -0.819. The lowest BCUT2D eigenvalue weighted by Crippen LogP contribution is -2.32. The molecule has 0 aromatic heterocycles. The quantitative estimate of drug-likeness (QED) is 0.498. The molecule has 0 aliphatic carbocycles. The lowest BCUT2D eigenvalue weighted by molar-refractivity contribution is -0.384. The van der Waals surface area contributed by atoms with Crippen molar-refractivity contribution in [2.24, 2.45) is 0 Å². The van der Waals surface area contributed by atoms with E-state index in [1.165, 1.54) is 24.3 Å². The molecule has 0 unspecified atom stereocenters. The Hall–Kier alpha value is -3.48. The smallest absolute Gasteiger partial charge is 0.278 e. The minimum absolute atomic E-state index is 0.0764. The molecule has 0 saturated heterocycles. The van der Waals surface area contributed by atoms with E-state index in [0.29, 0.717) is 5.56 Å². The van der Waals surface area contributed by atoms with E-state index < -0.39 is 16.7 Å². The monoisotopic (exact) mass is 365 g/mol. The van der Waals surface area contributed by atoms with Gasteiger partial charge in [0.25, 0.3) is 17.5 Å². The molecule has 0 atom stereocenters. The third kappa shape index (κ3) is 3.31. The molecule has 2 aromatic carbocycles. The van der Waals surface area contributed by atoms with E-state index in [4.69, 9.17) is 0 Å². The van der Waals surface area contributed by atoms with Crippen molar-refractivity contribution in [1.82, 2.24) is 4.90 Å². The molecule has 1 aliphatic rings. The van der Waals surface area contributed by atoms with Gasteiger partial charge >= 0.3 is 0 Å². The Morgan fingerprint density at radius 1 is 1.04 bits per heavy atom. The fraction of sp³-hybridized carbons (Fsp3) is 0.200. The number of carbonyl (C=O) groups excluding carboxylic acids is 2. The van der Waals surface area contributed by atoms with Crippen LogP contribution in [-0.2, 0) is 9.59 Å². The van der Waals surface area contributed by atoms with Crippen LogP contribution in [-0.4, -0.2) is 28.2 Å². The number of aryl methyl sites for hydroxylation is 2. The Bertz CT molecular complexity index is 977. The van der Waals surface area contributed by atoms with Crippen molar-refractivity contribution < 1.29 is 14.5 Å². The topological polar surface area (TPSA) is 92.6 Å². The van der Waals surface area contributed by atoms with E-state index in [1.54, 1.807) is 6.92 Å². The van der Waals surface area contributed by atoms with Crippen molar-refractivity contribution in [3.63, 3.8) is 0 Å². The number of carbonyl (C=O) groups is 2. The average molecular weight is 365 g/mol. The van der Waals surface area contributed by atoms with Crippen molar-refractivity contribution in [3.05, 3.63) is 75.0 Å². The number of likely N-dealkylation sites (N-methyl/N-ethyl adjacent to an activating group) is 1. The van der Waals surface area contributed by atoms with Gasteiger partial charge in [0.15, 0.2) is 0 Å². The standard InChI is InChI=1S/C20H19N3O4/c1-4-22-19(24)17(14-7-9-15(10-8-14)23(26)27)18(20(22)25)21-16-11-12(2)5-6-13(16)3/h5-11,21H,4H2,1-3H3. The number of benzene rings is 2. The van der Waals surface area contributed by atoms with Gasteiger partial charge in [0.1, 0.15) is 5.70 Å². The number of imide groups is 1. The molecule has 7 heteroatoms. The second-order valence-corrected chi connectivity index (χ2v) is 6.35. The largest absolute Gasteiger partial charge is 0.350 e. The SMILES string of the molecule is CCN1C(=O)C(Nc2cc(C)ccc2C)=C(c2ccc([N+](=O)[O-])cc2)C1=O. The summed E-state index contributed by atoms with van der Waals surface area (Å²) in [6.07, 6.45) is 0. The van der Waals surface area contributed by atoms with Gasteiger partial charge in [-0.15, -0.1) is 0 Å². The highest BCUT2D eigenvalue weighted by Gasteiger charge is 2.38. The Balaban J connectivity index is 2.11. The van der Waals surface area contributed by atoms with E-state index in [2.05, 4.69) is 5.32 Å². The number of nitro groups is 1. The van der Waals surface area contributed by atoms with Crippen molar-refractivity contribution in [2.45, 2.75) is 20.8 Å². The minimum atomic E-state index is -0.507. The number of hydrogen-bond donors (Lipinski definition) is 1. The van der Waals surface area contributed by atoms with E-state index in [0.717, 1.165) is 21.7 Å². The third-order valence-corrected chi connectivity index (χ3v) is 4.50. The van der Waals surface area contributed by atoms with E-state index in [1.807, 2.05) is 32.0 Å². The van der Waals surface area contributed by atoms with Crippen LogP contribution in [0.2, 0.25) is 0 Å². The molecule has 0 bridgehead atoms. The van der Waals surface area contributed by atoms with Gasteiger partial charge in [-0.3, -0.25) is 24.6 Å². The number of non-ortho nitro benzene ring substituents is 1. The van der Waals surface area contributed by atoms with Crippen LogP contribution in [0.4, 0.5) is 11.4 Å². The van der Waals surface area contributed by atoms with E-state index in [-0.39, 0.29) is 23.5 Å². The van der Waals surface area contributed by atoms with Gasteiger partial charge in [-0.2, -0.15) is 0 Å². The molecular formula is C20H19N3O4. The van der Waals surface area contributed by atoms with Gasteiger partial charge in [-0.1, -0.05) is 12.1 Å². The molecule has 2 amide bonds. The van der Waals surface area contributed by atoms with Gasteiger partial charge in [0.2, 0.25) is 0 Å². The molecule has 0 saturated carbocycles. The minimum Gasteiger partial charge on any atom is -0.350 e. The van der Waals surface area contributed by atoms with Crippen molar-refractivity contribution >= 4 is 28.8 Å². The molecule has 3 rings (SSSR count). The fourth-order valence-corrected chi connectivity index (χ4v) is 3.00. The highest BCUT2D eigenvalue weighted by atomic mass is 16.6. The Labute approximate surface area is 156 Å². The zero-order valence-corrected chi connectivity index (χ0v) is 15.3. The molecule has 2 aromatic rings. The first kappa shape index (κ1) is 18.3. The lowest BCUT2D eigenvalue weighted by atomic mass is 10.0. The summed E-state index contributed by atoms with van der Waals surface area (Å²) in [5.41, 5.74) is 3.48. The highest BCUT2D eigenvalue weighted by molar-refractivity contribution is 6.36. The molecule has 138 valence electrons. The summed E-state index contributed by atoms with van der Waals surface area (Å²) in [5, 5.41) is 14.0. The number of hydrogen-bond acceptors (Lipinski definition) is 5. The van der Waals surface area contributed by atoms with Crippen LogP contribution in [0.5, 0.6) is 0 Å². The Kier molecular flexibility index (Phi) is 4.77. The van der Waals surface area contributed by atoms with Crippen molar-refractivity contribution in [1.29, 1.82) is 0 Å². The maximum atomic E-state index is 12.8. The van der Waals surface area contributed by atoms with Gasteiger partial charge in [0, 0.05) is 24.4 Å². The number of nitro benzene ring substituents is 1. The van der Waals surface area contributed by atoms with Crippen molar-refractivity contribution in [3.8, 4) is 0 Å². The first-order valence-electron chi connectivity index (χ1n) is 8.53. The zero-order valence-electron chi connectivity index (χ0n) is 15.3. The number of anilines is 1. The summed E-state index contributed by atoms with van der Waals surface area (Å²) in [4.78, 5) is 37.1. The van der Waals surface area contributed by atoms with Crippen LogP contribution in [0, 0.1) is 24.0 Å². The summed E-state index contributed by atoms with van der Waals surface area (Å²) in [6, 6.07) is 11.4. The number of rotatable bonds is 5. The molecule has 0 radical (unpaired) electrons. The molecule has 27 heavy (non-hydrogen) atoms. The summed E-state index contributed by atoms with van der Waals surface area (Å²) < 4.78 is 0. The maximum Gasteiger partial charge on any atom is 0.278 e. The van der Waals surface area contributed by atoms with Gasteiger partial charge in [-0.25, -0.2) is 0 Å². The normalized spacial score (nSPS) is 14.1. The maximum absolute atomic E-state index is 12.8. The van der Waals surface area contributed by atoms with Crippen LogP contribution in [0.1, 0.15) is 23.6 Å². The summed E-state index contributed by atoms with van der Waals surface area (Å²) >= 11 is 0. The summed E-state index contributed by atoms with van der Waals surface area (Å²) in [7, 11) is 0. The van der Waals surface area contributed by atoms with Crippen LogP contribution in [0.15, 0.2) is 48.2 Å². The van der Waals surface area contributed by atoms with Crippen LogP contribution in [0.3, 0.4) is 0 Å². The van der Waals surface area contributed by atoms with E-state index in [9.17, 15) is 19.7 Å². The summed E-state index contributed by atoms with van der Waals surface area (Å²) in [6.45, 7) is 5.82. The predicted octanol–water partition coefficient (Wildman–Crippen LogP) is 3.42. The van der Waals surface area contributed by atoms with Crippen LogP contribution < -0.4 is 5.32 Å². The predicted molar refractivity (Wildman–Crippen MR) is 102 cm³/mol. The number of nitrogens with zero attached hydrogens (tertiary/aromatic N) is 2. The molecular weight excluding hydrogens is 346 g/mol. The second kappa shape index (κ2) is 7.03. The Morgan fingerprint density at radius 2 is 1.70 bits per heavy atom. The first-order valence-corrected chi connectivity index (χ1v) is 8.53. The number of amides is 2. The Morgan fingerprint density at radius 3 is 2.30 bits per heavy atom. The third-order valence-electron chi connectivity index (χ3n) is 4.50. The molecule has 1 N–H and O–H groups in total.